The number of likely N-dealkylation sites (tertiary alicyclic amines) is 1. The second-order valence-corrected chi connectivity index (χ2v) is 9.80. The highest BCUT2D eigenvalue weighted by molar-refractivity contribution is 6.08. The molecular formula is C28H30N4O3. The summed E-state index contributed by atoms with van der Waals surface area (Å²) in [4.78, 5) is 45.5. The summed E-state index contributed by atoms with van der Waals surface area (Å²) in [5.74, 6) is 2.85. The van der Waals surface area contributed by atoms with Crippen LogP contribution in [0.1, 0.15) is 59.3 Å². The van der Waals surface area contributed by atoms with E-state index in [0.29, 0.717) is 36.6 Å². The highest BCUT2D eigenvalue weighted by Crippen LogP contribution is 2.33. The number of amides is 1. The first-order chi connectivity index (χ1) is 17.0. The number of carbonyl (C=O) groups excluding carboxylic acids is 3. The Labute approximate surface area is 205 Å². The molecule has 2 fully saturated rings. The Balaban J connectivity index is 1.15. The monoisotopic (exact) mass is 470 g/mol. The van der Waals surface area contributed by atoms with E-state index in [-0.39, 0.29) is 23.9 Å². The minimum absolute atomic E-state index is 0.0257. The molecule has 1 unspecified atom stereocenters. The van der Waals surface area contributed by atoms with Gasteiger partial charge in [-0.1, -0.05) is 18.1 Å². The summed E-state index contributed by atoms with van der Waals surface area (Å²) < 4.78 is 0. The summed E-state index contributed by atoms with van der Waals surface area (Å²) >= 11 is 0. The highest BCUT2D eigenvalue weighted by atomic mass is 16.2. The van der Waals surface area contributed by atoms with Crippen molar-refractivity contribution in [1.29, 1.82) is 0 Å². The minimum Gasteiger partial charge on any atom is -0.384 e. The van der Waals surface area contributed by atoms with E-state index in [1.165, 1.54) is 5.56 Å². The maximum atomic E-state index is 13.0. The fourth-order valence-electron chi connectivity index (χ4n) is 5.43. The number of ketones is 2. The quantitative estimate of drug-likeness (QED) is 0.516. The predicted molar refractivity (Wildman–Crippen MR) is 133 cm³/mol. The van der Waals surface area contributed by atoms with E-state index in [0.717, 1.165) is 50.3 Å². The van der Waals surface area contributed by atoms with Crippen LogP contribution in [0.4, 0.5) is 5.69 Å². The van der Waals surface area contributed by atoms with Crippen molar-refractivity contribution in [3.8, 4) is 12.3 Å². The van der Waals surface area contributed by atoms with Gasteiger partial charge in [0.25, 0.3) is 5.91 Å². The van der Waals surface area contributed by atoms with E-state index >= 15 is 0 Å². The second-order valence-electron chi connectivity index (χ2n) is 9.80. The van der Waals surface area contributed by atoms with Gasteiger partial charge in [-0.2, -0.15) is 0 Å². The van der Waals surface area contributed by atoms with Gasteiger partial charge >= 0.3 is 0 Å². The number of terminal acetylenes is 1. The molecule has 7 heteroatoms. The summed E-state index contributed by atoms with van der Waals surface area (Å²) in [6.45, 7) is 4.23. The van der Waals surface area contributed by atoms with Crippen molar-refractivity contribution in [2.45, 2.75) is 51.2 Å². The van der Waals surface area contributed by atoms with E-state index in [2.05, 4.69) is 27.2 Å². The summed E-state index contributed by atoms with van der Waals surface area (Å²) in [7, 11) is 0. The molecule has 7 nitrogen and oxygen atoms in total. The Kier molecular flexibility index (Phi) is 6.65. The zero-order valence-corrected chi connectivity index (χ0v) is 19.8. The molecule has 180 valence electrons. The molecule has 3 heterocycles. The number of rotatable bonds is 6. The number of Topliss-reactive ketones (excluding diaryl/α,β-unsaturated/α-hetero) is 2. The molecular weight excluding hydrogens is 440 g/mol. The van der Waals surface area contributed by atoms with Crippen molar-refractivity contribution in [2.75, 3.05) is 25.0 Å². The number of nitrogens with zero attached hydrogens (tertiary/aromatic N) is 3. The second kappa shape index (κ2) is 10.0. The van der Waals surface area contributed by atoms with Gasteiger partial charge in [0.1, 0.15) is 11.5 Å². The molecule has 2 aromatic rings. The lowest BCUT2D eigenvalue weighted by molar-refractivity contribution is -0.133. The first kappa shape index (κ1) is 23.3. The van der Waals surface area contributed by atoms with Gasteiger partial charge < -0.3 is 10.2 Å². The fraction of sp³-hybridized carbons (Fsp3) is 0.429. The third-order valence-corrected chi connectivity index (χ3v) is 7.48. The topological polar surface area (TPSA) is 82.6 Å². The normalized spacial score (nSPS) is 21.2. The van der Waals surface area contributed by atoms with Crippen molar-refractivity contribution in [1.82, 2.24) is 14.8 Å². The molecule has 0 bridgehead atoms. The molecule has 1 aromatic heterocycles. The average Bonchev–Trinajstić information content (AvgIpc) is 3.21. The lowest BCUT2D eigenvalue weighted by Gasteiger charge is -2.32. The first-order valence-electron chi connectivity index (χ1n) is 12.4. The SMILES string of the molecule is C#Cc1ccc(CN2CCC(CNc3cccc4c3CN(C3CCC(=O)CC3=O)C4=O)CC2)cn1. The molecule has 1 saturated carbocycles. The number of pyridine rings is 1. The van der Waals surface area contributed by atoms with Crippen molar-refractivity contribution in [3.63, 3.8) is 0 Å². The number of anilines is 1. The summed E-state index contributed by atoms with van der Waals surface area (Å²) in [6.07, 6.45) is 10.2. The molecule has 35 heavy (non-hydrogen) atoms. The molecule has 5 rings (SSSR count). The van der Waals surface area contributed by atoms with Crippen LogP contribution in [0.3, 0.4) is 0 Å². The standard InChI is InChI=1S/C28H30N4O3/c1-2-21-7-6-20(16-29-21)17-31-12-10-19(11-13-31)15-30-25-5-3-4-23-24(25)18-32(28(23)35)26-9-8-22(33)14-27(26)34/h1,3-7,16,19,26,30H,8-15,17-18H2. The smallest absolute Gasteiger partial charge is 0.255 e. The van der Waals surface area contributed by atoms with E-state index in [1.807, 2.05) is 30.5 Å². The van der Waals surface area contributed by atoms with Gasteiger partial charge in [-0.3, -0.25) is 19.3 Å². The Hall–Kier alpha value is -3.50. The van der Waals surface area contributed by atoms with Gasteiger partial charge in [0.15, 0.2) is 5.78 Å². The number of aromatic nitrogens is 1. The molecule has 1 aromatic carbocycles. The van der Waals surface area contributed by atoms with Crippen LogP contribution < -0.4 is 5.32 Å². The third kappa shape index (κ3) is 4.98. The van der Waals surface area contributed by atoms with Gasteiger partial charge in [-0.15, -0.1) is 6.42 Å². The van der Waals surface area contributed by atoms with Gasteiger partial charge in [0, 0.05) is 49.1 Å². The molecule has 0 spiro atoms. The summed E-state index contributed by atoms with van der Waals surface area (Å²) in [5.41, 5.74) is 4.44. The number of nitrogens with one attached hydrogen (secondary N) is 1. The number of hydrogen-bond acceptors (Lipinski definition) is 6. The van der Waals surface area contributed by atoms with Crippen molar-refractivity contribution in [2.24, 2.45) is 5.92 Å². The zero-order chi connectivity index (χ0) is 24.4. The zero-order valence-electron chi connectivity index (χ0n) is 19.8. The summed E-state index contributed by atoms with van der Waals surface area (Å²) in [6, 6.07) is 9.21. The van der Waals surface area contributed by atoms with E-state index in [9.17, 15) is 14.4 Å². The Morgan fingerprint density at radius 1 is 1.09 bits per heavy atom. The van der Waals surface area contributed by atoms with Gasteiger partial charge in [0.2, 0.25) is 0 Å². The maximum absolute atomic E-state index is 13.0. The van der Waals surface area contributed by atoms with Gasteiger partial charge in [0.05, 0.1) is 12.5 Å². The number of benzene rings is 1. The summed E-state index contributed by atoms with van der Waals surface area (Å²) in [5, 5.41) is 3.59. The van der Waals surface area contributed by atoms with E-state index in [1.54, 1.807) is 4.90 Å². The lowest BCUT2D eigenvalue weighted by atomic mass is 9.92. The van der Waals surface area contributed by atoms with Crippen LogP contribution in [-0.4, -0.2) is 57.9 Å². The molecule has 0 radical (unpaired) electrons. The molecule has 2 aliphatic heterocycles. The first-order valence-corrected chi connectivity index (χ1v) is 12.4. The van der Waals surface area contributed by atoms with Gasteiger partial charge in [-0.25, -0.2) is 4.98 Å². The van der Waals surface area contributed by atoms with Crippen molar-refractivity contribution in [3.05, 3.63) is 58.9 Å². The lowest BCUT2D eigenvalue weighted by Crippen LogP contribution is -2.44. The Morgan fingerprint density at radius 2 is 1.91 bits per heavy atom. The minimum atomic E-state index is -0.484. The van der Waals surface area contributed by atoms with Crippen molar-refractivity contribution >= 4 is 23.2 Å². The molecule has 1 saturated heterocycles. The molecule has 1 N–H and O–H groups in total. The van der Waals surface area contributed by atoms with Crippen LogP contribution in [0.2, 0.25) is 0 Å². The largest absolute Gasteiger partial charge is 0.384 e. The van der Waals surface area contributed by atoms with Crippen molar-refractivity contribution < 1.29 is 14.4 Å². The average molecular weight is 471 g/mol. The fourth-order valence-corrected chi connectivity index (χ4v) is 5.43. The van der Waals surface area contributed by atoms with E-state index in [4.69, 9.17) is 6.42 Å². The Morgan fingerprint density at radius 3 is 2.63 bits per heavy atom. The Bertz CT molecular complexity index is 1180. The van der Waals surface area contributed by atoms with Crippen LogP contribution >= 0.6 is 0 Å². The predicted octanol–water partition coefficient (Wildman–Crippen LogP) is 3.03. The van der Waals surface area contributed by atoms with Crippen LogP contribution in [-0.2, 0) is 22.7 Å². The molecule has 1 atom stereocenters. The van der Waals surface area contributed by atoms with Crippen LogP contribution in [0, 0.1) is 18.3 Å². The third-order valence-electron chi connectivity index (χ3n) is 7.48. The highest BCUT2D eigenvalue weighted by Gasteiger charge is 2.39. The number of piperidine rings is 1. The van der Waals surface area contributed by atoms with Crippen LogP contribution in [0.5, 0.6) is 0 Å². The molecule has 3 aliphatic rings. The molecule has 1 aliphatic carbocycles. The molecule has 1 amide bonds. The number of carbonyl (C=O) groups is 3. The van der Waals surface area contributed by atoms with E-state index < -0.39 is 6.04 Å². The van der Waals surface area contributed by atoms with Gasteiger partial charge in [-0.05, 0) is 62.0 Å². The maximum Gasteiger partial charge on any atom is 0.255 e. The van der Waals surface area contributed by atoms with Crippen LogP contribution in [0.15, 0.2) is 36.5 Å². The number of fused-ring (bicyclic) bond motifs is 1. The number of hydrogen-bond donors (Lipinski definition) is 1. The van der Waals surface area contributed by atoms with Crippen LogP contribution in [0.25, 0.3) is 0 Å².